The van der Waals surface area contributed by atoms with E-state index in [1.165, 1.54) is 24.5 Å². The van der Waals surface area contributed by atoms with Crippen molar-refractivity contribution >= 4 is 17.7 Å². The van der Waals surface area contributed by atoms with Crippen molar-refractivity contribution in [3.63, 3.8) is 0 Å². The van der Waals surface area contributed by atoms with Crippen LogP contribution in [0, 0.1) is 10.1 Å². The number of H-pyrrole nitrogens is 1. The molecule has 0 radical (unpaired) electrons. The topological polar surface area (TPSA) is 114 Å². The van der Waals surface area contributed by atoms with Crippen molar-refractivity contribution in [2.24, 2.45) is 0 Å². The van der Waals surface area contributed by atoms with E-state index in [1.54, 1.807) is 18.2 Å². The molecule has 20 heavy (non-hydrogen) atoms. The average Bonchev–Trinajstić information content (AvgIpc) is 2.96. The van der Waals surface area contributed by atoms with Gasteiger partial charge in [0.2, 0.25) is 5.91 Å². The number of benzene rings is 1. The molecule has 8 nitrogen and oxygen atoms in total. The highest BCUT2D eigenvalue weighted by Crippen LogP contribution is 2.12. The fraction of sp³-hybridized carbons (Fsp3) is 0.0833. The number of carbonyl (C=O) groups excluding carboxylic acids is 1. The summed E-state index contributed by atoms with van der Waals surface area (Å²) in [6.45, 7) is 0.253. The molecule has 1 heterocycles. The zero-order chi connectivity index (χ0) is 14.4. The highest BCUT2D eigenvalue weighted by atomic mass is 16.6. The van der Waals surface area contributed by atoms with Crippen molar-refractivity contribution in [3.8, 4) is 0 Å². The normalized spacial score (nSPS) is 10.6. The number of carbonyl (C=O) groups is 1. The summed E-state index contributed by atoms with van der Waals surface area (Å²) in [5.41, 5.74) is 0.710. The molecule has 0 fully saturated rings. The Hall–Kier alpha value is -3.03. The van der Waals surface area contributed by atoms with Crippen molar-refractivity contribution < 1.29 is 9.72 Å². The van der Waals surface area contributed by atoms with Gasteiger partial charge in [0.05, 0.1) is 11.5 Å². The van der Waals surface area contributed by atoms with Crippen LogP contribution in [0.3, 0.4) is 0 Å². The van der Waals surface area contributed by atoms with Gasteiger partial charge in [-0.3, -0.25) is 20.0 Å². The average molecular weight is 273 g/mol. The van der Waals surface area contributed by atoms with Crippen LogP contribution in [-0.2, 0) is 11.3 Å². The number of nitro benzene ring substituents is 1. The number of non-ortho nitro benzene ring substituents is 1. The molecule has 2 N–H and O–H groups in total. The van der Waals surface area contributed by atoms with E-state index in [2.05, 4.69) is 20.5 Å². The number of amides is 1. The van der Waals surface area contributed by atoms with Gasteiger partial charge in [-0.05, 0) is 23.8 Å². The Morgan fingerprint density at radius 2 is 2.15 bits per heavy atom. The molecule has 0 atom stereocenters. The molecule has 0 aliphatic carbocycles. The maximum atomic E-state index is 11.5. The van der Waals surface area contributed by atoms with Crippen LogP contribution in [-0.4, -0.2) is 26.0 Å². The van der Waals surface area contributed by atoms with Gasteiger partial charge in [-0.15, -0.1) is 0 Å². The zero-order valence-electron chi connectivity index (χ0n) is 10.3. The molecule has 0 aliphatic heterocycles. The second-order valence-electron chi connectivity index (χ2n) is 3.83. The third kappa shape index (κ3) is 3.73. The fourth-order valence-corrected chi connectivity index (χ4v) is 1.42. The number of nitrogens with one attached hydrogen (secondary N) is 2. The summed E-state index contributed by atoms with van der Waals surface area (Å²) in [6, 6.07) is 5.90. The first kappa shape index (κ1) is 13.4. The summed E-state index contributed by atoms with van der Waals surface area (Å²) in [5.74, 6) is 0.266. The van der Waals surface area contributed by atoms with Gasteiger partial charge in [0.25, 0.3) is 5.69 Å². The first-order chi connectivity index (χ1) is 9.65. The number of nitro groups is 1. The van der Waals surface area contributed by atoms with Gasteiger partial charge in [-0.25, -0.2) is 4.98 Å². The van der Waals surface area contributed by atoms with Crippen molar-refractivity contribution in [1.82, 2.24) is 20.5 Å². The van der Waals surface area contributed by atoms with Crippen LogP contribution < -0.4 is 5.32 Å². The summed E-state index contributed by atoms with van der Waals surface area (Å²) in [6.07, 6.45) is 4.27. The lowest BCUT2D eigenvalue weighted by Crippen LogP contribution is -2.20. The van der Waals surface area contributed by atoms with Gasteiger partial charge >= 0.3 is 0 Å². The monoisotopic (exact) mass is 273 g/mol. The molecular formula is C12H11N5O3. The first-order valence-corrected chi connectivity index (χ1v) is 5.70. The molecule has 0 spiro atoms. The Bertz CT molecular complexity index is 619. The standard InChI is InChI=1S/C12H11N5O3/c18-12(13-7-11-14-8-15-16-11)6-3-9-1-4-10(5-2-9)17(19)20/h1-6,8H,7H2,(H,13,18)(H,14,15,16)/b6-3+. The molecule has 2 aromatic rings. The van der Waals surface area contributed by atoms with Crippen LogP contribution in [0.15, 0.2) is 36.7 Å². The fourth-order valence-electron chi connectivity index (χ4n) is 1.42. The quantitative estimate of drug-likeness (QED) is 0.480. The van der Waals surface area contributed by atoms with Crippen LogP contribution in [0.5, 0.6) is 0 Å². The van der Waals surface area contributed by atoms with Gasteiger partial charge in [0.15, 0.2) is 0 Å². The second-order valence-corrected chi connectivity index (χ2v) is 3.83. The highest BCUT2D eigenvalue weighted by Gasteiger charge is 2.03. The summed E-state index contributed by atoms with van der Waals surface area (Å²) in [5, 5.41) is 19.4. The van der Waals surface area contributed by atoms with E-state index in [4.69, 9.17) is 0 Å². The molecule has 8 heteroatoms. The molecule has 1 aromatic carbocycles. The van der Waals surface area contributed by atoms with Gasteiger partial charge in [0.1, 0.15) is 12.2 Å². The highest BCUT2D eigenvalue weighted by molar-refractivity contribution is 5.91. The van der Waals surface area contributed by atoms with Crippen LogP contribution >= 0.6 is 0 Å². The molecular weight excluding hydrogens is 262 g/mol. The Morgan fingerprint density at radius 1 is 1.40 bits per heavy atom. The van der Waals surface area contributed by atoms with E-state index < -0.39 is 4.92 Å². The Labute approximate surface area is 113 Å². The zero-order valence-corrected chi connectivity index (χ0v) is 10.3. The maximum absolute atomic E-state index is 11.5. The Kier molecular flexibility index (Phi) is 4.17. The predicted octanol–water partition coefficient (Wildman–Crippen LogP) is 1.04. The molecule has 0 bridgehead atoms. The summed E-state index contributed by atoms with van der Waals surface area (Å²) in [4.78, 5) is 25.4. The number of aromatic nitrogens is 3. The molecule has 0 saturated heterocycles. The molecule has 0 saturated carbocycles. The number of aromatic amines is 1. The van der Waals surface area contributed by atoms with Crippen molar-refractivity contribution in [2.75, 3.05) is 0 Å². The summed E-state index contributed by atoms with van der Waals surface area (Å²) < 4.78 is 0. The maximum Gasteiger partial charge on any atom is 0.269 e. The third-order valence-electron chi connectivity index (χ3n) is 2.43. The minimum Gasteiger partial charge on any atom is -0.345 e. The predicted molar refractivity (Wildman–Crippen MR) is 70.4 cm³/mol. The summed E-state index contributed by atoms with van der Waals surface area (Å²) in [7, 11) is 0. The minimum atomic E-state index is -0.475. The molecule has 102 valence electrons. The van der Waals surface area contributed by atoms with Crippen molar-refractivity contribution in [1.29, 1.82) is 0 Å². The summed E-state index contributed by atoms with van der Waals surface area (Å²) >= 11 is 0. The number of hydrogen-bond acceptors (Lipinski definition) is 5. The molecule has 1 aromatic heterocycles. The lowest BCUT2D eigenvalue weighted by molar-refractivity contribution is -0.384. The van der Waals surface area contributed by atoms with E-state index >= 15 is 0 Å². The number of rotatable bonds is 5. The molecule has 1 amide bonds. The van der Waals surface area contributed by atoms with Gasteiger partial charge in [0, 0.05) is 18.2 Å². The number of nitrogens with zero attached hydrogens (tertiary/aromatic N) is 3. The van der Waals surface area contributed by atoms with E-state index in [1.807, 2.05) is 0 Å². The molecule has 0 aliphatic rings. The van der Waals surface area contributed by atoms with Gasteiger partial charge in [-0.1, -0.05) is 0 Å². The van der Waals surface area contributed by atoms with E-state index in [0.29, 0.717) is 11.4 Å². The lowest BCUT2D eigenvalue weighted by atomic mass is 10.2. The van der Waals surface area contributed by atoms with Crippen molar-refractivity contribution in [3.05, 3.63) is 58.2 Å². The second kappa shape index (κ2) is 6.23. The van der Waals surface area contributed by atoms with Gasteiger partial charge < -0.3 is 5.32 Å². The van der Waals surface area contributed by atoms with Crippen LogP contribution in [0.1, 0.15) is 11.4 Å². The van der Waals surface area contributed by atoms with Crippen LogP contribution in [0.25, 0.3) is 6.08 Å². The number of hydrogen-bond donors (Lipinski definition) is 2. The Balaban J connectivity index is 1.88. The minimum absolute atomic E-state index is 0.0110. The lowest BCUT2D eigenvalue weighted by Gasteiger charge is -1.98. The molecule has 2 rings (SSSR count). The first-order valence-electron chi connectivity index (χ1n) is 5.70. The SMILES string of the molecule is O=C(/C=C/c1ccc([N+](=O)[O-])cc1)NCc1ncn[nH]1. The van der Waals surface area contributed by atoms with Crippen LogP contribution in [0.2, 0.25) is 0 Å². The van der Waals surface area contributed by atoms with Crippen molar-refractivity contribution in [2.45, 2.75) is 6.54 Å². The Morgan fingerprint density at radius 3 is 2.75 bits per heavy atom. The van der Waals surface area contributed by atoms with E-state index in [9.17, 15) is 14.9 Å². The third-order valence-corrected chi connectivity index (χ3v) is 2.43. The van der Waals surface area contributed by atoms with E-state index in [-0.39, 0.29) is 18.1 Å². The van der Waals surface area contributed by atoms with Gasteiger partial charge in [-0.2, -0.15) is 5.10 Å². The smallest absolute Gasteiger partial charge is 0.269 e. The van der Waals surface area contributed by atoms with Crippen LogP contribution in [0.4, 0.5) is 5.69 Å². The largest absolute Gasteiger partial charge is 0.345 e. The van der Waals surface area contributed by atoms with E-state index in [0.717, 1.165) is 0 Å². The molecule has 0 unspecified atom stereocenters.